The molecular weight excluding hydrogens is 293 g/mol. The number of nitrogens with one attached hydrogen (secondary N) is 1. The predicted molar refractivity (Wildman–Crippen MR) is 80.7 cm³/mol. The fraction of sp³-hybridized carbons (Fsp3) is 0.267. The molecule has 0 bridgehead atoms. The van der Waals surface area contributed by atoms with Gasteiger partial charge in [-0.15, -0.1) is 0 Å². The van der Waals surface area contributed by atoms with E-state index in [2.05, 4.69) is 10.4 Å². The summed E-state index contributed by atoms with van der Waals surface area (Å²) in [6, 6.07) is 8.41. The predicted octanol–water partition coefficient (Wildman–Crippen LogP) is 2.50. The van der Waals surface area contributed by atoms with Gasteiger partial charge >= 0.3 is 0 Å². The fourth-order valence-corrected chi connectivity index (χ4v) is 2.30. The normalized spacial score (nSPS) is 12.2. The summed E-state index contributed by atoms with van der Waals surface area (Å²) in [4.78, 5) is 4.15. The molecule has 0 aliphatic rings. The Morgan fingerprint density at radius 3 is 2.76 bits per heavy atom. The lowest BCUT2D eigenvalue weighted by Crippen LogP contribution is -2.38. The number of halogens is 2. The smallest absolute Gasteiger partial charge is 0.212 e. The van der Waals surface area contributed by atoms with E-state index in [1.54, 1.807) is 31.5 Å². The van der Waals surface area contributed by atoms with Crippen molar-refractivity contribution in [3.05, 3.63) is 58.5 Å². The Kier molecular flexibility index (Phi) is 5.50. The molecular formula is C15H17ClFN3O. The van der Waals surface area contributed by atoms with Crippen molar-refractivity contribution in [3.63, 3.8) is 0 Å². The number of benzene rings is 1. The van der Waals surface area contributed by atoms with Crippen LogP contribution in [0.3, 0.4) is 0 Å². The molecule has 0 saturated heterocycles. The monoisotopic (exact) mass is 309 g/mol. The molecule has 1 heterocycles. The van der Waals surface area contributed by atoms with Gasteiger partial charge in [0.1, 0.15) is 5.82 Å². The molecule has 0 fully saturated rings. The van der Waals surface area contributed by atoms with Crippen LogP contribution >= 0.6 is 11.6 Å². The van der Waals surface area contributed by atoms with E-state index < -0.39 is 5.82 Å². The zero-order chi connectivity index (χ0) is 15.2. The lowest BCUT2D eigenvalue weighted by atomic mass is 10.0. The maximum Gasteiger partial charge on any atom is 0.212 e. The highest BCUT2D eigenvalue weighted by Crippen LogP contribution is 2.21. The molecule has 0 radical (unpaired) electrons. The molecule has 0 spiro atoms. The summed E-state index contributed by atoms with van der Waals surface area (Å²) >= 11 is 5.96. The van der Waals surface area contributed by atoms with E-state index in [1.807, 2.05) is 6.07 Å². The third kappa shape index (κ3) is 4.14. The maximum atomic E-state index is 13.4. The van der Waals surface area contributed by atoms with Gasteiger partial charge in [-0.1, -0.05) is 29.8 Å². The summed E-state index contributed by atoms with van der Waals surface area (Å²) < 4.78 is 18.5. The quantitative estimate of drug-likeness (QED) is 0.636. The van der Waals surface area contributed by atoms with Crippen molar-refractivity contribution in [1.29, 1.82) is 0 Å². The highest BCUT2D eigenvalue weighted by molar-refractivity contribution is 6.31. The van der Waals surface area contributed by atoms with Gasteiger partial charge in [-0.2, -0.15) is 0 Å². The molecule has 1 aromatic carbocycles. The number of hydrogen-bond acceptors (Lipinski definition) is 4. The molecule has 0 aliphatic heterocycles. The van der Waals surface area contributed by atoms with Crippen LogP contribution in [0.15, 0.2) is 36.5 Å². The standard InChI is InChI=1S/C15H17ClFN3O/c1-21-14-6-5-10(9-19-14)7-12(20-18)8-11-3-2-4-13(17)15(11)16/h2-6,9,12,20H,7-8,18H2,1H3. The van der Waals surface area contributed by atoms with E-state index in [0.717, 1.165) is 11.1 Å². The summed E-state index contributed by atoms with van der Waals surface area (Å²) in [7, 11) is 1.57. The van der Waals surface area contributed by atoms with Crippen LogP contribution < -0.4 is 16.0 Å². The minimum atomic E-state index is -0.420. The summed E-state index contributed by atoms with van der Waals surface area (Å²) in [5.41, 5.74) is 4.46. The average Bonchev–Trinajstić information content (AvgIpc) is 2.51. The molecule has 2 rings (SSSR count). The molecule has 0 saturated carbocycles. The SMILES string of the molecule is COc1ccc(CC(Cc2cccc(F)c2Cl)NN)cn1. The molecule has 2 aromatic rings. The van der Waals surface area contributed by atoms with Crippen LogP contribution in [-0.2, 0) is 12.8 Å². The summed E-state index contributed by atoms with van der Waals surface area (Å²) in [6.07, 6.45) is 2.91. The molecule has 1 atom stereocenters. The van der Waals surface area contributed by atoms with E-state index in [0.29, 0.717) is 18.7 Å². The number of methoxy groups -OCH3 is 1. The van der Waals surface area contributed by atoms with Gasteiger partial charge in [-0.3, -0.25) is 11.3 Å². The van der Waals surface area contributed by atoms with Gasteiger partial charge in [0.05, 0.1) is 12.1 Å². The topological polar surface area (TPSA) is 60.2 Å². The lowest BCUT2D eigenvalue weighted by molar-refractivity contribution is 0.397. The Morgan fingerprint density at radius 1 is 1.33 bits per heavy atom. The van der Waals surface area contributed by atoms with E-state index in [9.17, 15) is 4.39 Å². The van der Waals surface area contributed by atoms with Crippen molar-refractivity contribution in [2.45, 2.75) is 18.9 Å². The highest BCUT2D eigenvalue weighted by Gasteiger charge is 2.13. The van der Waals surface area contributed by atoms with E-state index in [1.165, 1.54) is 6.07 Å². The van der Waals surface area contributed by atoms with Gasteiger partial charge < -0.3 is 4.74 Å². The minimum Gasteiger partial charge on any atom is -0.481 e. The molecule has 21 heavy (non-hydrogen) atoms. The van der Waals surface area contributed by atoms with Crippen LogP contribution in [-0.4, -0.2) is 18.1 Å². The summed E-state index contributed by atoms with van der Waals surface area (Å²) in [5.74, 6) is 5.72. The van der Waals surface area contributed by atoms with Gasteiger partial charge in [0.25, 0.3) is 0 Å². The van der Waals surface area contributed by atoms with Crippen LogP contribution in [0.5, 0.6) is 5.88 Å². The van der Waals surface area contributed by atoms with Gasteiger partial charge in [-0.05, 0) is 30.0 Å². The Bertz CT molecular complexity index is 592. The number of ether oxygens (including phenoxy) is 1. The molecule has 1 aromatic heterocycles. The number of aromatic nitrogens is 1. The molecule has 1 unspecified atom stereocenters. The average molecular weight is 310 g/mol. The third-order valence-corrected chi connectivity index (χ3v) is 3.65. The number of rotatable bonds is 6. The molecule has 6 heteroatoms. The van der Waals surface area contributed by atoms with Gasteiger partial charge in [0.15, 0.2) is 0 Å². The molecule has 0 aliphatic carbocycles. The molecule has 112 valence electrons. The summed E-state index contributed by atoms with van der Waals surface area (Å²) in [6.45, 7) is 0. The van der Waals surface area contributed by atoms with Crippen molar-refractivity contribution < 1.29 is 9.13 Å². The second-order valence-electron chi connectivity index (χ2n) is 4.69. The van der Waals surface area contributed by atoms with Crippen LogP contribution in [0.25, 0.3) is 0 Å². The number of hydrogen-bond donors (Lipinski definition) is 2. The first-order valence-corrected chi connectivity index (χ1v) is 6.89. The Morgan fingerprint density at radius 2 is 2.14 bits per heavy atom. The van der Waals surface area contributed by atoms with Gasteiger partial charge in [-0.25, -0.2) is 9.37 Å². The maximum absolute atomic E-state index is 13.4. The van der Waals surface area contributed by atoms with Crippen LogP contribution in [0.2, 0.25) is 5.02 Å². The number of nitrogens with two attached hydrogens (primary N) is 1. The van der Waals surface area contributed by atoms with Crippen LogP contribution in [0.4, 0.5) is 4.39 Å². The van der Waals surface area contributed by atoms with Gasteiger partial charge in [0, 0.05) is 18.3 Å². The summed E-state index contributed by atoms with van der Waals surface area (Å²) in [5, 5.41) is 0.144. The van der Waals surface area contributed by atoms with Crippen molar-refractivity contribution in [2.24, 2.45) is 5.84 Å². The van der Waals surface area contributed by atoms with Crippen molar-refractivity contribution in [3.8, 4) is 5.88 Å². The van der Waals surface area contributed by atoms with Crippen LogP contribution in [0.1, 0.15) is 11.1 Å². The van der Waals surface area contributed by atoms with Crippen molar-refractivity contribution in [1.82, 2.24) is 10.4 Å². The van der Waals surface area contributed by atoms with Crippen molar-refractivity contribution in [2.75, 3.05) is 7.11 Å². The fourth-order valence-electron chi connectivity index (χ4n) is 2.10. The zero-order valence-corrected chi connectivity index (χ0v) is 12.4. The Balaban J connectivity index is 2.07. The second-order valence-corrected chi connectivity index (χ2v) is 5.07. The molecule has 0 amide bonds. The molecule has 3 N–H and O–H groups in total. The van der Waals surface area contributed by atoms with Crippen LogP contribution in [0, 0.1) is 5.82 Å². The molecule has 4 nitrogen and oxygen atoms in total. The van der Waals surface area contributed by atoms with E-state index in [4.69, 9.17) is 22.2 Å². The number of pyridine rings is 1. The number of hydrazine groups is 1. The Hall–Kier alpha value is -1.69. The van der Waals surface area contributed by atoms with Crippen molar-refractivity contribution >= 4 is 11.6 Å². The zero-order valence-electron chi connectivity index (χ0n) is 11.6. The second kappa shape index (κ2) is 7.36. The minimum absolute atomic E-state index is 0.0699. The first-order valence-electron chi connectivity index (χ1n) is 6.52. The first-order chi connectivity index (χ1) is 10.1. The highest BCUT2D eigenvalue weighted by atomic mass is 35.5. The lowest BCUT2D eigenvalue weighted by Gasteiger charge is -2.17. The van der Waals surface area contributed by atoms with E-state index in [-0.39, 0.29) is 11.1 Å². The Labute approximate surface area is 128 Å². The largest absolute Gasteiger partial charge is 0.481 e. The van der Waals surface area contributed by atoms with E-state index >= 15 is 0 Å². The first kappa shape index (κ1) is 15.7. The number of nitrogens with zero attached hydrogens (tertiary/aromatic N) is 1. The van der Waals surface area contributed by atoms with Gasteiger partial charge in [0.2, 0.25) is 5.88 Å². The third-order valence-electron chi connectivity index (χ3n) is 3.22.